The van der Waals surface area contributed by atoms with Gasteiger partial charge in [0.2, 0.25) is 5.91 Å². The molecule has 1 N–H and O–H groups in total. The molecule has 0 radical (unpaired) electrons. The van der Waals surface area contributed by atoms with Crippen molar-refractivity contribution in [3.8, 4) is 0 Å². The van der Waals surface area contributed by atoms with Gasteiger partial charge in [-0.15, -0.1) is 0 Å². The Balaban J connectivity index is 1.70. The van der Waals surface area contributed by atoms with Crippen LogP contribution in [0, 0.1) is 0 Å². The molecule has 0 unspecified atom stereocenters. The molecule has 2 fully saturated rings. The topological polar surface area (TPSA) is 32.3 Å². The van der Waals surface area contributed by atoms with E-state index in [9.17, 15) is 4.79 Å². The van der Waals surface area contributed by atoms with Gasteiger partial charge < -0.3 is 5.32 Å². The highest BCUT2D eigenvalue weighted by molar-refractivity contribution is 5.76. The average molecular weight is 258 g/mol. The van der Waals surface area contributed by atoms with E-state index >= 15 is 0 Å². The molecule has 0 bridgehead atoms. The van der Waals surface area contributed by atoms with Crippen LogP contribution in [-0.2, 0) is 11.2 Å². The summed E-state index contributed by atoms with van der Waals surface area (Å²) in [5.74, 6) is 0.237. The number of rotatable bonds is 2. The van der Waals surface area contributed by atoms with E-state index in [4.69, 9.17) is 0 Å². The van der Waals surface area contributed by atoms with Crippen LogP contribution in [0.4, 0.5) is 0 Å². The molecule has 1 amide bonds. The number of nitrogens with one attached hydrogen (secondary N) is 1. The van der Waals surface area contributed by atoms with E-state index in [1.165, 1.54) is 5.56 Å². The molecular formula is C16H22N2O. The van der Waals surface area contributed by atoms with E-state index in [-0.39, 0.29) is 5.91 Å². The van der Waals surface area contributed by atoms with Crippen molar-refractivity contribution in [1.29, 1.82) is 0 Å². The third kappa shape index (κ3) is 2.66. The Morgan fingerprint density at radius 1 is 1.32 bits per heavy atom. The lowest BCUT2D eigenvalue weighted by Gasteiger charge is -2.26. The molecule has 3 nitrogen and oxygen atoms in total. The molecule has 1 aromatic rings. The Kier molecular flexibility index (Phi) is 3.56. The summed E-state index contributed by atoms with van der Waals surface area (Å²) in [6.45, 7) is 0. The van der Waals surface area contributed by atoms with Gasteiger partial charge in [0.05, 0.1) is 0 Å². The lowest BCUT2D eigenvalue weighted by Crippen LogP contribution is -2.42. The van der Waals surface area contributed by atoms with Gasteiger partial charge >= 0.3 is 0 Å². The average Bonchev–Trinajstić information content (AvgIpc) is 2.59. The summed E-state index contributed by atoms with van der Waals surface area (Å²) in [6, 6.07) is 12.1. The zero-order valence-corrected chi connectivity index (χ0v) is 11.5. The maximum atomic E-state index is 11.7. The number of benzene rings is 1. The third-order valence-electron chi connectivity index (χ3n) is 4.65. The Morgan fingerprint density at radius 3 is 2.89 bits per heavy atom. The standard InChI is InChI=1S/C16H22N2O/c1-18-13(10-12-6-3-2-4-7-12)11-14-15(18)8-5-9-16(19)17-14/h2-4,6-7,13-15H,5,8-11H2,1H3,(H,17,19)/t13-,14-,15+/m0/s1. The zero-order chi connectivity index (χ0) is 13.2. The Morgan fingerprint density at radius 2 is 2.11 bits per heavy atom. The van der Waals surface area contributed by atoms with Gasteiger partial charge in [-0.3, -0.25) is 9.69 Å². The van der Waals surface area contributed by atoms with Gasteiger partial charge in [-0.05, 0) is 38.3 Å². The van der Waals surface area contributed by atoms with Crippen molar-refractivity contribution in [2.45, 2.75) is 50.2 Å². The summed E-state index contributed by atoms with van der Waals surface area (Å²) in [7, 11) is 2.22. The van der Waals surface area contributed by atoms with Crippen LogP contribution in [-0.4, -0.2) is 36.0 Å². The molecule has 2 aliphatic rings. The molecule has 1 aromatic carbocycles. The van der Waals surface area contributed by atoms with E-state index < -0.39 is 0 Å². The largest absolute Gasteiger partial charge is 0.352 e. The highest BCUT2D eigenvalue weighted by Gasteiger charge is 2.40. The minimum absolute atomic E-state index is 0.237. The fraction of sp³-hybridized carbons (Fsp3) is 0.562. The Labute approximate surface area is 115 Å². The molecule has 2 saturated heterocycles. The molecule has 0 spiro atoms. The number of nitrogens with zero attached hydrogens (tertiary/aromatic N) is 1. The van der Waals surface area contributed by atoms with E-state index in [2.05, 4.69) is 47.6 Å². The summed E-state index contributed by atoms with van der Waals surface area (Å²) in [5.41, 5.74) is 1.39. The number of fused-ring (bicyclic) bond motifs is 1. The monoisotopic (exact) mass is 258 g/mol. The normalized spacial score (nSPS) is 31.6. The number of hydrogen-bond donors (Lipinski definition) is 1. The minimum atomic E-state index is 0.237. The van der Waals surface area contributed by atoms with Gasteiger partial charge in [-0.2, -0.15) is 0 Å². The quantitative estimate of drug-likeness (QED) is 0.879. The maximum Gasteiger partial charge on any atom is 0.220 e. The molecule has 0 aromatic heterocycles. The molecule has 3 heteroatoms. The molecule has 3 rings (SSSR count). The highest BCUT2D eigenvalue weighted by atomic mass is 16.1. The van der Waals surface area contributed by atoms with Crippen molar-refractivity contribution < 1.29 is 4.79 Å². The fourth-order valence-electron chi connectivity index (χ4n) is 3.60. The molecule has 3 atom stereocenters. The lowest BCUT2D eigenvalue weighted by atomic mass is 10.0. The van der Waals surface area contributed by atoms with Gasteiger partial charge in [-0.1, -0.05) is 30.3 Å². The first-order valence-electron chi connectivity index (χ1n) is 7.29. The van der Waals surface area contributed by atoms with Crippen LogP contribution in [0.3, 0.4) is 0 Å². The van der Waals surface area contributed by atoms with E-state index in [0.717, 1.165) is 25.7 Å². The van der Waals surface area contributed by atoms with Gasteiger partial charge in [0.1, 0.15) is 0 Å². The second-order valence-electron chi connectivity index (χ2n) is 5.88. The van der Waals surface area contributed by atoms with Gasteiger partial charge in [0.15, 0.2) is 0 Å². The fourth-order valence-corrected chi connectivity index (χ4v) is 3.60. The predicted molar refractivity (Wildman–Crippen MR) is 75.9 cm³/mol. The van der Waals surface area contributed by atoms with Crippen molar-refractivity contribution in [2.75, 3.05) is 7.05 Å². The number of amides is 1. The van der Waals surface area contributed by atoms with Gasteiger partial charge in [-0.25, -0.2) is 0 Å². The van der Waals surface area contributed by atoms with Crippen LogP contribution in [0.15, 0.2) is 30.3 Å². The van der Waals surface area contributed by atoms with E-state index in [0.29, 0.717) is 24.5 Å². The second kappa shape index (κ2) is 5.33. The van der Waals surface area contributed by atoms with Gasteiger partial charge in [0, 0.05) is 24.5 Å². The molecular weight excluding hydrogens is 236 g/mol. The molecule has 2 heterocycles. The van der Waals surface area contributed by atoms with Crippen molar-refractivity contribution >= 4 is 5.91 Å². The predicted octanol–water partition coefficient (Wildman–Crippen LogP) is 1.97. The molecule has 19 heavy (non-hydrogen) atoms. The lowest BCUT2D eigenvalue weighted by molar-refractivity contribution is -0.121. The Hall–Kier alpha value is -1.35. The van der Waals surface area contributed by atoms with Crippen LogP contribution < -0.4 is 5.32 Å². The number of hydrogen-bond acceptors (Lipinski definition) is 2. The third-order valence-corrected chi connectivity index (χ3v) is 4.65. The smallest absolute Gasteiger partial charge is 0.220 e. The second-order valence-corrected chi connectivity index (χ2v) is 5.88. The maximum absolute atomic E-state index is 11.7. The van der Waals surface area contributed by atoms with Crippen LogP contribution in [0.1, 0.15) is 31.2 Å². The molecule has 2 aliphatic heterocycles. The first-order chi connectivity index (χ1) is 9.24. The molecule has 0 aliphatic carbocycles. The first kappa shape index (κ1) is 12.7. The number of likely N-dealkylation sites (N-methyl/N-ethyl adjacent to an activating group) is 1. The zero-order valence-electron chi connectivity index (χ0n) is 11.5. The van der Waals surface area contributed by atoms with Crippen LogP contribution in [0.25, 0.3) is 0 Å². The number of carbonyl (C=O) groups is 1. The van der Waals surface area contributed by atoms with Crippen LogP contribution in [0.5, 0.6) is 0 Å². The SMILES string of the molecule is CN1[C@@H](Cc2ccccc2)C[C@@H]2NC(=O)CCC[C@H]21. The summed E-state index contributed by atoms with van der Waals surface area (Å²) < 4.78 is 0. The van der Waals surface area contributed by atoms with Crippen molar-refractivity contribution in [1.82, 2.24) is 10.2 Å². The van der Waals surface area contributed by atoms with Crippen molar-refractivity contribution in [3.05, 3.63) is 35.9 Å². The highest BCUT2D eigenvalue weighted by Crippen LogP contribution is 2.30. The number of likely N-dealkylation sites (tertiary alicyclic amines) is 1. The van der Waals surface area contributed by atoms with Gasteiger partial charge in [0.25, 0.3) is 0 Å². The molecule has 102 valence electrons. The van der Waals surface area contributed by atoms with Crippen LogP contribution >= 0.6 is 0 Å². The van der Waals surface area contributed by atoms with E-state index in [1.807, 2.05) is 0 Å². The van der Waals surface area contributed by atoms with Crippen molar-refractivity contribution in [3.63, 3.8) is 0 Å². The Bertz CT molecular complexity index is 445. The van der Waals surface area contributed by atoms with Crippen LogP contribution in [0.2, 0.25) is 0 Å². The van der Waals surface area contributed by atoms with Crippen molar-refractivity contribution in [2.24, 2.45) is 0 Å². The number of carbonyl (C=O) groups excluding carboxylic acids is 1. The summed E-state index contributed by atoms with van der Waals surface area (Å²) in [4.78, 5) is 14.2. The summed E-state index contributed by atoms with van der Waals surface area (Å²) in [5, 5.41) is 3.21. The summed E-state index contributed by atoms with van der Waals surface area (Å²) >= 11 is 0. The minimum Gasteiger partial charge on any atom is -0.352 e. The summed E-state index contributed by atoms with van der Waals surface area (Å²) in [6.07, 6.45) is 5.03. The van der Waals surface area contributed by atoms with E-state index in [1.54, 1.807) is 0 Å². The first-order valence-corrected chi connectivity index (χ1v) is 7.29. The molecule has 0 saturated carbocycles.